The second-order valence-corrected chi connectivity index (χ2v) is 4.04. The van der Waals surface area contributed by atoms with E-state index in [2.05, 4.69) is 5.32 Å². The van der Waals surface area contributed by atoms with Gasteiger partial charge >= 0.3 is 6.18 Å². The van der Waals surface area contributed by atoms with Gasteiger partial charge in [-0.1, -0.05) is 0 Å². The third-order valence-electron chi connectivity index (χ3n) is 2.85. The molecule has 0 saturated carbocycles. The number of rotatable bonds is 2. The Labute approximate surface area is 103 Å². The number of morpholine rings is 1. The lowest BCUT2D eigenvalue weighted by atomic mass is 10.0. The summed E-state index contributed by atoms with van der Waals surface area (Å²) in [6, 6.07) is 3.21. The minimum atomic E-state index is -4.35. The molecule has 0 bridgehead atoms. The molecule has 1 aliphatic rings. The molecule has 0 radical (unpaired) electrons. The Morgan fingerprint density at radius 3 is 2.72 bits per heavy atom. The van der Waals surface area contributed by atoms with E-state index in [0.717, 1.165) is 12.1 Å². The average molecular weight is 261 g/mol. The van der Waals surface area contributed by atoms with E-state index in [9.17, 15) is 13.2 Å². The molecule has 0 aromatic heterocycles. The summed E-state index contributed by atoms with van der Waals surface area (Å²) in [5, 5.41) is 3.12. The molecule has 1 aliphatic heterocycles. The number of nitrogens with one attached hydrogen (secondary N) is 1. The van der Waals surface area contributed by atoms with E-state index >= 15 is 0 Å². The van der Waals surface area contributed by atoms with Crippen molar-refractivity contribution in [2.75, 3.05) is 26.9 Å². The van der Waals surface area contributed by atoms with Gasteiger partial charge < -0.3 is 14.8 Å². The van der Waals surface area contributed by atoms with Gasteiger partial charge in [-0.25, -0.2) is 0 Å². The molecule has 100 valence electrons. The molecule has 1 fully saturated rings. The van der Waals surface area contributed by atoms with Crippen LogP contribution in [0.5, 0.6) is 5.75 Å². The first-order chi connectivity index (χ1) is 8.52. The van der Waals surface area contributed by atoms with Crippen molar-refractivity contribution in [3.63, 3.8) is 0 Å². The molecule has 0 spiro atoms. The second-order valence-electron chi connectivity index (χ2n) is 4.04. The zero-order chi connectivity index (χ0) is 13.2. The van der Waals surface area contributed by atoms with E-state index in [0.29, 0.717) is 31.1 Å². The predicted octanol–water partition coefficient (Wildman–Crippen LogP) is 2.37. The van der Waals surface area contributed by atoms with Crippen molar-refractivity contribution >= 4 is 0 Å². The summed E-state index contributed by atoms with van der Waals surface area (Å²) in [5.41, 5.74) is -0.197. The molecule has 6 heteroatoms. The van der Waals surface area contributed by atoms with E-state index in [1.165, 1.54) is 13.2 Å². The van der Waals surface area contributed by atoms with Crippen molar-refractivity contribution in [3.05, 3.63) is 29.3 Å². The lowest BCUT2D eigenvalue weighted by Gasteiger charge is -2.26. The molecule has 0 amide bonds. The van der Waals surface area contributed by atoms with Crippen molar-refractivity contribution in [2.24, 2.45) is 0 Å². The lowest BCUT2D eigenvalue weighted by Crippen LogP contribution is -2.34. The van der Waals surface area contributed by atoms with Crippen LogP contribution >= 0.6 is 0 Å². The first-order valence-corrected chi connectivity index (χ1v) is 5.58. The van der Waals surface area contributed by atoms with Gasteiger partial charge in [-0.05, 0) is 18.2 Å². The molecule has 0 aliphatic carbocycles. The zero-order valence-electron chi connectivity index (χ0n) is 9.88. The van der Waals surface area contributed by atoms with Crippen molar-refractivity contribution < 1.29 is 22.6 Å². The van der Waals surface area contributed by atoms with E-state index in [-0.39, 0.29) is 6.04 Å². The van der Waals surface area contributed by atoms with E-state index in [1.807, 2.05) is 0 Å². The lowest BCUT2D eigenvalue weighted by molar-refractivity contribution is -0.137. The molecule has 3 nitrogen and oxygen atoms in total. The number of hydrogen-bond acceptors (Lipinski definition) is 3. The molecule has 18 heavy (non-hydrogen) atoms. The van der Waals surface area contributed by atoms with Crippen molar-refractivity contribution in [2.45, 2.75) is 12.2 Å². The fourth-order valence-corrected chi connectivity index (χ4v) is 1.95. The summed E-state index contributed by atoms with van der Waals surface area (Å²) < 4.78 is 48.4. The van der Waals surface area contributed by atoms with E-state index in [1.54, 1.807) is 0 Å². The maximum absolute atomic E-state index is 12.7. The largest absolute Gasteiger partial charge is 0.496 e. The molecule has 2 rings (SSSR count). The highest BCUT2D eigenvalue weighted by atomic mass is 19.4. The van der Waals surface area contributed by atoms with Crippen LogP contribution in [-0.4, -0.2) is 26.9 Å². The Hall–Kier alpha value is -1.27. The number of methoxy groups -OCH3 is 1. The van der Waals surface area contributed by atoms with Gasteiger partial charge in [0.1, 0.15) is 5.75 Å². The van der Waals surface area contributed by atoms with E-state index in [4.69, 9.17) is 9.47 Å². The average Bonchev–Trinajstić information content (AvgIpc) is 2.38. The summed E-state index contributed by atoms with van der Waals surface area (Å²) >= 11 is 0. The molecular formula is C12H14F3NO2. The smallest absolute Gasteiger partial charge is 0.416 e. The number of alkyl halides is 3. The quantitative estimate of drug-likeness (QED) is 0.886. The van der Waals surface area contributed by atoms with Crippen molar-refractivity contribution in [1.29, 1.82) is 0 Å². The second kappa shape index (κ2) is 5.16. The Balaban J connectivity index is 2.35. The summed E-state index contributed by atoms with van der Waals surface area (Å²) in [6.45, 7) is 1.53. The molecular weight excluding hydrogens is 247 g/mol. The van der Waals surface area contributed by atoms with Crippen LogP contribution in [0.2, 0.25) is 0 Å². The predicted molar refractivity (Wildman–Crippen MR) is 59.6 cm³/mol. The van der Waals surface area contributed by atoms with E-state index < -0.39 is 11.7 Å². The van der Waals surface area contributed by atoms with Crippen LogP contribution in [0.15, 0.2) is 18.2 Å². The first-order valence-electron chi connectivity index (χ1n) is 5.58. The standard InChI is InChI=1S/C12H14F3NO2/c1-17-11-3-2-8(12(13,14)15)6-9(11)10-7-18-5-4-16-10/h2-3,6,10,16H,4-5,7H2,1H3. The minimum absolute atomic E-state index is 0.268. The maximum atomic E-state index is 12.7. The Kier molecular flexibility index (Phi) is 3.77. The Morgan fingerprint density at radius 1 is 1.39 bits per heavy atom. The van der Waals surface area contributed by atoms with Gasteiger partial charge in [0.2, 0.25) is 0 Å². The summed E-state index contributed by atoms with van der Waals surface area (Å²) in [7, 11) is 1.44. The van der Waals surface area contributed by atoms with Gasteiger partial charge in [0, 0.05) is 12.1 Å². The summed E-state index contributed by atoms with van der Waals surface area (Å²) in [4.78, 5) is 0. The van der Waals surface area contributed by atoms with Crippen LogP contribution in [-0.2, 0) is 10.9 Å². The Morgan fingerprint density at radius 2 is 2.17 bits per heavy atom. The van der Waals surface area contributed by atoms with Crippen LogP contribution in [0.25, 0.3) is 0 Å². The highest BCUT2D eigenvalue weighted by Gasteiger charge is 2.32. The molecule has 1 saturated heterocycles. The molecule has 1 aromatic rings. The Bertz CT molecular complexity index is 414. The van der Waals surface area contributed by atoms with Gasteiger partial charge in [-0.15, -0.1) is 0 Å². The van der Waals surface area contributed by atoms with Gasteiger partial charge in [0.15, 0.2) is 0 Å². The minimum Gasteiger partial charge on any atom is -0.496 e. The number of halogens is 3. The fraction of sp³-hybridized carbons (Fsp3) is 0.500. The fourth-order valence-electron chi connectivity index (χ4n) is 1.95. The highest BCUT2D eigenvalue weighted by Crippen LogP contribution is 2.35. The molecule has 1 atom stereocenters. The van der Waals surface area contributed by atoms with Crippen LogP contribution in [0.3, 0.4) is 0 Å². The third-order valence-corrected chi connectivity index (χ3v) is 2.85. The normalized spacial score (nSPS) is 20.8. The van der Waals surface area contributed by atoms with Gasteiger partial charge in [0.05, 0.1) is 31.9 Å². The van der Waals surface area contributed by atoms with Crippen LogP contribution in [0, 0.1) is 0 Å². The topological polar surface area (TPSA) is 30.5 Å². The van der Waals surface area contributed by atoms with Gasteiger partial charge in [-0.3, -0.25) is 0 Å². The van der Waals surface area contributed by atoms with Gasteiger partial charge in [-0.2, -0.15) is 13.2 Å². The van der Waals surface area contributed by atoms with Crippen LogP contribution in [0.4, 0.5) is 13.2 Å². The third kappa shape index (κ3) is 2.76. The number of hydrogen-bond donors (Lipinski definition) is 1. The van der Waals surface area contributed by atoms with Crippen LogP contribution in [0.1, 0.15) is 17.2 Å². The SMILES string of the molecule is COc1ccc(C(F)(F)F)cc1C1COCCN1. The van der Waals surface area contributed by atoms with Crippen molar-refractivity contribution in [1.82, 2.24) is 5.32 Å². The molecule has 1 unspecified atom stereocenters. The molecule has 1 aromatic carbocycles. The highest BCUT2D eigenvalue weighted by molar-refractivity contribution is 5.40. The van der Waals surface area contributed by atoms with Gasteiger partial charge in [0.25, 0.3) is 0 Å². The van der Waals surface area contributed by atoms with Crippen molar-refractivity contribution in [3.8, 4) is 5.75 Å². The monoisotopic (exact) mass is 261 g/mol. The van der Waals surface area contributed by atoms with Crippen LogP contribution < -0.4 is 10.1 Å². The first kappa shape index (κ1) is 13.2. The summed E-state index contributed by atoms with van der Waals surface area (Å²) in [5.74, 6) is 0.436. The molecule has 1 heterocycles. The zero-order valence-corrected chi connectivity index (χ0v) is 9.88. The summed E-state index contributed by atoms with van der Waals surface area (Å²) in [6.07, 6.45) is -4.35. The number of ether oxygens (including phenoxy) is 2. The number of benzene rings is 1. The molecule has 1 N–H and O–H groups in total. The maximum Gasteiger partial charge on any atom is 0.416 e.